The molecular formula is C22H21N7O2. The molecule has 4 aromatic heterocycles. The smallest absolute Gasteiger partial charge is 0.312 e. The molecule has 3 aliphatic rings. The maximum atomic E-state index is 13.4. The van der Waals surface area contributed by atoms with E-state index in [1.54, 1.807) is 11.2 Å². The van der Waals surface area contributed by atoms with Crippen molar-refractivity contribution in [2.75, 3.05) is 6.54 Å². The van der Waals surface area contributed by atoms with E-state index >= 15 is 0 Å². The second-order valence-electron chi connectivity index (χ2n) is 8.77. The second kappa shape index (κ2) is 6.26. The Morgan fingerprint density at radius 3 is 2.87 bits per heavy atom. The number of carbonyl (C=O) groups is 1. The summed E-state index contributed by atoms with van der Waals surface area (Å²) < 4.78 is 7.65. The van der Waals surface area contributed by atoms with Gasteiger partial charge in [-0.1, -0.05) is 6.07 Å². The van der Waals surface area contributed by atoms with Gasteiger partial charge in [0.05, 0.1) is 23.2 Å². The Morgan fingerprint density at radius 2 is 2.03 bits per heavy atom. The zero-order chi connectivity index (χ0) is 20.5. The molecule has 0 spiro atoms. The average Bonchev–Trinajstić information content (AvgIpc) is 3.67. The summed E-state index contributed by atoms with van der Waals surface area (Å²) >= 11 is 0. The Hall–Kier alpha value is -3.49. The van der Waals surface area contributed by atoms with Crippen molar-refractivity contribution in [3.8, 4) is 0 Å². The Balaban J connectivity index is 1.32. The third-order valence-electron chi connectivity index (χ3n) is 6.59. The van der Waals surface area contributed by atoms with Crippen LogP contribution >= 0.6 is 0 Å². The number of fused-ring (bicyclic) bond motifs is 2. The lowest BCUT2D eigenvalue weighted by molar-refractivity contribution is 0.0644. The number of aromatic nitrogens is 6. The molecule has 0 saturated heterocycles. The maximum absolute atomic E-state index is 13.4. The summed E-state index contributed by atoms with van der Waals surface area (Å²) in [5.41, 5.74) is 5.10. The van der Waals surface area contributed by atoms with Gasteiger partial charge in [-0.25, -0.2) is 9.50 Å². The van der Waals surface area contributed by atoms with Crippen molar-refractivity contribution in [3.63, 3.8) is 0 Å². The van der Waals surface area contributed by atoms with Gasteiger partial charge in [-0.3, -0.25) is 4.79 Å². The highest BCUT2D eigenvalue weighted by molar-refractivity contribution is 5.90. The van der Waals surface area contributed by atoms with Gasteiger partial charge in [0.15, 0.2) is 0 Å². The number of amides is 1. The van der Waals surface area contributed by atoms with Gasteiger partial charge in [-0.15, -0.1) is 10.2 Å². The van der Waals surface area contributed by atoms with Crippen molar-refractivity contribution in [3.05, 3.63) is 65.1 Å². The van der Waals surface area contributed by atoms with Gasteiger partial charge in [0.25, 0.3) is 0 Å². The van der Waals surface area contributed by atoms with Gasteiger partial charge in [0.2, 0.25) is 5.89 Å². The van der Waals surface area contributed by atoms with E-state index < -0.39 is 6.04 Å². The standard InChI is InChI=1S/C22H21N7O2/c30-22(21-26-25-20(31-21)13-5-6-13)28-9-7-15-18(24-11-23-15)19(28)16-10-17-14(12-3-4-12)2-1-8-29(17)27-16/h1-2,8,10-13,19H,3-7,9H2,(H,23,24). The summed E-state index contributed by atoms with van der Waals surface area (Å²) in [4.78, 5) is 23.0. The van der Waals surface area contributed by atoms with Crippen molar-refractivity contribution < 1.29 is 9.21 Å². The molecule has 5 heterocycles. The number of imidazole rings is 1. The van der Waals surface area contributed by atoms with Crippen LogP contribution in [0.25, 0.3) is 5.52 Å². The van der Waals surface area contributed by atoms with Gasteiger partial charge in [-0.05, 0) is 49.3 Å². The number of nitrogens with one attached hydrogen (secondary N) is 1. The van der Waals surface area contributed by atoms with Crippen LogP contribution in [0, 0.1) is 0 Å². The molecule has 4 aromatic rings. The summed E-state index contributed by atoms with van der Waals surface area (Å²) in [6, 6.07) is 5.93. The zero-order valence-electron chi connectivity index (χ0n) is 16.9. The molecule has 1 atom stereocenters. The quantitative estimate of drug-likeness (QED) is 0.549. The SMILES string of the molecule is O=C(c1nnc(C2CC2)o1)N1CCc2[nH]cnc2C1c1cc2c(C3CC3)cccn2n1. The lowest BCUT2D eigenvalue weighted by Crippen LogP contribution is -2.41. The van der Waals surface area contributed by atoms with E-state index in [2.05, 4.69) is 32.3 Å². The van der Waals surface area contributed by atoms with Crippen LogP contribution in [0.4, 0.5) is 0 Å². The van der Waals surface area contributed by atoms with Crippen LogP contribution in [-0.4, -0.2) is 47.1 Å². The molecule has 1 unspecified atom stereocenters. The van der Waals surface area contributed by atoms with Crippen LogP contribution in [0.3, 0.4) is 0 Å². The molecule has 2 saturated carbocycles. The van der Waals surface area contributed by atoms with E-state index in [-0.39, 0.29) is 11.8 Å². The molecule has 31 heavy (non-hydrogen) atoms. The highest BCUT2D eigenvalue weighted by atomic mass is 16.4. The van der Waals surface area contributed by atoms with Gasteiger partial charge in [-0.2, -0.15) is 5.10 Å². The zero-order valence-corrected chi connectivity index (χ0v) is 16.9. The van der Waals surface area contributed by atoms with Crippen LogP contribution in [0.5, 0.6) is 0 Å². The summed E-state index contributed by atoms with van der Waals surface area (Å²) in [6.45, 7) is 0.531. The third-order valence-corrected chi connectivity index (χ3v) is 6.59. The summed E-state index contributed by atoms with van der Waals surface area (Å²) in [5, 5.41) is 13.0. The molecule has 1 N–H and O–H groups in total. The van der Waals surface area contributed by atoms with Crippen LogP contribution in [0.1, 0.15) is 82.8 Å². The molecule has 0 radical (unpaired) electrons. The van der Waals surface area contributed by atoms with Crippen molar-refractivity contribution in [2.24, 2.45) is 0 Å². The van der Waals surface area contributed by atoms with Crippen LogP contribution in [0.2, 0.25) is 0 Å². The van der Waals surface area contributed by atoms with E-state index in [1.165, 1.54) is 18.4 Å². The Labute approximate surface area is 177 Å². The molecule has 0 aromatic carbocycles. The van der Waals surface area contributed by atoms with E-state index in [4.69, 9.17) is 9.52 Å². The molecule has 9 heteroatoms. The summed E-state index contributed by atoms with van der Waals surface area (Å²) in [5.74, 6) is 1.27. The van der Waals surface area contributed by atoms with Gasteiger partial charge in [0, 0.05) is 30.8 Å². The number of H-pyrrole nitrogens is 1. The topological polar surface area (TPSA) is 105 Å². The van der Waals surface area contributed by atoms with Crippen molar-refractivity contribution in [2.45, 2.75) is 50.0 Å². The minimum atomic E-state index is -0.397. The van der Waals surface area contributed by atoms with E-state index in [0.29, 0.717) is 30.7 Å². The minimum Gasteiger partial charge on any atom is -0.417 e. The van der Waals surface area contributed by atoms with E-state index in [1.807, 2.05) is 16.8 Å². The monoisotopic (exact) mass is 415 g/mol. The molecular weight excluding hydrogens is 394 g/mol. The highest BCUT2D eigenvalue weighted by Gasteiger charge is 2.39. The normalized spacial score (nSPS) is 20.9. The lowest BCUT2D eigenvalue weighted by Gasteiger charge is -2.32. The molecule has 9 nitrogen and oxygen atoms in total. The van der Waals surface area contributed by atoms with Crippen molar-refractivity contribution in [1.82, 2.24) is 34.7 Å². The number of hydrogen-bond acceptors (Lipinski definition) is 6. The van der Waals surface area contributed by atoms with E-state index in [9.17, 15) is 4.79 Å². The van der Waals surface area contributed by atoms with Gasteiger partial charge >= 0.3 is 11.8 Å². The predicted molar refractivity (Wildman–Crippen MR) is 109 cm³/mol. The molecule has 1 aliphatic heterocycles. The molecule has 0 bridgehead atoms. The molecule has 7 rings (SSSR count). The number of aromatic amines is 1. The third kappa shape index (κ3) is 2.72. The fraction of sp³-hybridized carbons (Fsp3) is 0.409. The Kier molecular flexibility index (Phi) is 3.47. The highest BCUT2D eigenvalue weighted by Crippen LogP contribution is 2.43. The number of pyridine rings is 1. The largest absolute Gasteiger partial charge is 0.417 e. The fourth-order valence-corrected chi connectivity index (χ4v) is 4.66. The first-order chi connectivity index (χ1) is 15.3. The molecule has 2 fully saturated rings. The van der Waals surface area contributed by atoms with Crippen LogP contribution < -0.4 is 0 Å². The first-order valence-electron chi connectivity index (χ1n) is 10.9. The number of rotatable bonds is 4. The Bertz CT molecular complexity index is 1310. The lowest BCUT2D eigenvalue weighted by atomic mass is 9.99. The van der Waals surface area contributed by atoms with Crippen LogP contribution in [-0.2, 0) is 6.42 Å². The maximum Gasteiger partial charge on any atom is 0.312 e. The predicted octanol–water partition coefficient (Wildman–Crippen LogP) is 2.98. The van der Waals surface area contributed by atoms with Gasteiger partial charge in [0.1, 0.15) is 6.04 Å². The molecule has 1 amide bonds. The Morgan fingerprint density at radius 1 is 1.16 bits per heavy atom. The van der Waals surface area contributed by atoms with E-state index in [0.717, 1.165) is 35.4 Å². The summed E-state index contributed by atoms with van der Waals surface area (Å²) in [7, 11) is 0. The number of carbonyl (C=O) groups excluding carboxylic acids is 1. The fourth-order valence-electron chi connectivity index (χ4n) is 4.66. The average molecular weight is 415 g/mol. The number of nitrogens with zero attached hydrogens (tertiary/aromatic N) is 6. The molecule has 156 valence electrons. The minimum absolute atomic E-state index is 0.0494. The first-order valence-corrected chi connectivity index (χ1v) is 10.9. The van der Waals surface area contributed by atoms with Crippen molar-refractivity contribution >= 4 is 11.4 Å². The molecule has 2 aliphatic carbocycles. The summed E-state index contributed by atoms with van der Waals surface area (Å²) in [6.07, 6.45) is 8.88. The number of hydrogen-bond donors (Lipinski definition) is 1. The van der Waals surface area contributed by atoms with Crippen molar-refractivity contribution in [1.29, 1.82) is 0 Å². The second-order valence-corrected chi connectivity index (χ2v) is 8.77. The van der Waals surface area contributed by atoms with Crippen LogP contribution in [0.15, 0.2) is 35.1 Å². The van der Waals surface area contributed by atoms with Gasteiger partial charge < -0.3 is 14.3 Å². The first kappa shape index (κ1) is 17.2.